The van der Waals surface area contributed by atoms with Crippen LogP contribution in [0.25, 0.3) is 0 Å². The third-order valence-electron chi connectivity index (χ3n) is 2.16. The summed E-state index contributed by atoms with van der Waals surface area (Å²) in [6, 6.07) is 6.94. The summed E-state index contributed by atoms with van der Waals surface area (Å²) in [4.78, 5) is 4.25. The molecule has 0 atom stereocenters. The molecule has 0 spiro atoms. The Hall–Kier alpha value is -1.17. The molecule has 0 saturated heterocycles. The van der Waals surface area contributed by atoms with E-state index in [4.69, 9.17) is 34.3 Å². The Morgan fingerprint density at radius 1 is 1.33 bits per heavy atom. The maximum absolute atomic E-state index is 5.86. The van der Waals surface area contributed by atoms with Gasteiger partial charge in [-0.25, -0.2) is 0 Å². The molecular weight excluding hydrogens is 336 g/mol. The summed E-state index contributed by atoms with van der Waals surface area (Å²) in [5.74, 6) is 1.12. The third-order valence-corrected chi connectivity index (χ3v) is 3.24. The summed E-state index contributed by atoms with van der Waals surface area (Å²) in [6.45, 7) is 0. The highest BCUT2D eigenvalue weighted by atomic mass is 79.9. The summed E-state index contributed by atoms with van der Waals surface area (Å²) in [5.41, 5.74) is 6.26. The second kappa shape index (κ2) is 5.65. The fraction of sp³-hybridized carbons (Fsp3) is 0. The second-order valence-corrected chi connectivity index (χ2v) is 5.14. The lowest BCUT2D eigenvalue weighted by Gasteiger charge is -2.10. The molecule has 0 aliphatic carbocycles. The summed E-state index contributed by atoms with van der Waals surface area (Å²) < 4.78 is 6.46. The van der Waals surface area contributed by atoms with Crippen LogP contribution in [0.1, 0.15) is 5.56 Å². The van der Waals surface area contributed by atoms with E-state index in [9.17, 15) is 0 Å². The number of halogens is 2. The van der Waals surface area contributed by atoms with E-state index in [-0.39, 0.29) is 4.99 Å². The van der Waals surface area contributed by atoms with Crippen LogP contribution in [0.15, 0.2) is 41.1 Å². The minimum absolute atomic E-state index is 0.262. The predicted molar refractivity (Wildman–Crippen MR) is 79.4 cm³/mol. The van der Waals surface area contributed by atoms with Crippen LogP contribution in [0.3, 0.4) is 0 Å². The first-order valence-corrected chi connectivity index (χ1v) is 6.52. The van der Waals surface area contributed by atoms with E-state index in [0.717, 1.165) is 4.47 Å². The van der Waals surface area contributed by atoms with E-state index in [1.54, 1.807) is 36.7 Å². The van der Waals surface area contributed by atoms with Gasteiger partial charge < -0.3 is 10.5 Å². The quantitative estimate of drug-likeness (QED) is 0.858. The number of thiocarbonyl (C=S) groups is 1. The normalized spacial score (nSPS) is 10.1. The van der Waals surface area contributed by atoms with Crippen molar-refractivity contribution in [3.63, 3.8) is 0 Å². The number of hydrogen-bond donors (Lipinski definition) is 1. The fourth-order valence-corrected chi connectivity index (χ4v) is 2.27. The minimum atomic E-state index is 0.262. The maximum atomic E-state index is 5.86. The first-order valence-electron chi connectivity index (χ1n) is 4.94. The Morgan fingerprint density at radius 2 is 2.11 bits per heavy atom. The summed E-state index contributed by atoms with van der Waals surface area (Å²) in [7, 11) is 0. The molecule has 1 aromatic heterocycles. The van der Waals surface area contributed by atoms with E-state index in [2.05, 4.69) is 20.9 Å². The lowest BCUT2D eigenvalue weighted by atomic mass is 10.2. The van der Waals surface area contributed by atoms with Gasteiger partial charge in [0.15, 0.2) is 5.75 Å². The standard InChI is InChI=1S/C12H8BrClN2OS/c13-9-5-7(14)1-2-10(9)17-11-6-16-4-3-8(11)12(15)18/h1-6H,(H2,15,18). The van der Waals surface area contributed by atoms with E-state index in [1.807, 2.05) is 0 Å². The molecule has 1 heterocycles. The number of nitrogens with zero attached hydrogens (tertiary/aromatic N) is 1. The van der Waals surface area contributed by atoms with Crippen LogP contribution in [0.4, 0.5) is 0 Å². The van der Waals surface area contributed by atoms with Gasteiger partial charge in [0, 0.05) is 11.2 Å². The highest BCUT2D eigenvalue weighted by Crippen LogP contribution is 2.32. The largest absolute Gasteiger partial charge is 0.454 e. The summed E-state index contributed by atoms with van der Waals surface area (Å²) in [5, 5.41) is 0.620. The van der Waals surface area contributed by atoms with Crippen LogP contribution in [0.5, 0.6) is 11.5 Å². The van der Waals surface area contributed by atoms with Crippen molar-refractivity contribution in [1.29, 1.82) is 0 Å². The molecule has 0 saturated carbocycles. The second-order valence-electron chi connectivity index (χ2n) is 3.41. The zero-order chi connectivity index (χ0) is 13.1. The molecule has 0 amide bonds. The van der Waals surface area contributed by atoms with Crippen LogP contribution in [-0.4, -0.2) is 9.97 Å². The van der Waals surface area contributed by atoms with Crippen molar-refractivity contribution in [2.75, 3.05) is 0 Å². The monoisotopic (exact) mass is 342 g/mol. The lowest BCUT2D eigenvalue weighted by Crippen LogP contribution is -2.10. The molecule has 0 aliphatic rings. The number of ether oxygens (including phenoxy) is 1. The van der Waals surface area contributed by atoms with Gasteiger partial charge >= 0.3 is 0 Å². The van der Waals surface area contributed by atoms with Gasteiger partial charge in [0.2, 0.25) is 0 Å². The van der Waals surface area contributed by atoms with E-state index >= 15 is 0 Å². The first-order chi connectivity index (χ1) is 8.58. The third kappa shape index (κ3) is 2.98. The van der Waals surface area contributed by atoms with Crippen molar-refractivity contribution in [2.45, 2.75) is 0 Å². The highest BCUT2D eigenvalue weighted by Gasteiger charge is 2.09. The molecule has 2 N–H and O–H groups in total. The smallest absolute Gasteiger partial charge is 0.155 e. The fourth-order valence-electron chi connectivity index (χ4n) is 1.34. The van der Waals surface area contributed by atoms with Crippen LogP contribution >= 0.6 is 39.7 Å². The van der Waals surface area contributed by atoms with Gasteiger partial charge in [-0.3, -0.25) is 4.98 Å². The lowest BCUT2D eigenvalue weighted by molar-refractivity contribution is 0.476. The SMILES string of the molecule is NC(=S)c1ccncc1Oc1ccc(Cl)cc1Br. The van der Waals surface area contributed by atoms with Crippen LogP contribution in [0, 0.1) is 0 Å². The molecule has 2 aromatic rings. The Kier molecular flexibility index (Phi) is 4.16. The van der Waals surface area contributed by atoms with Crippen LogP contribution in [-0.2, 0) is 0 Å². The molecule has 0 fully saturated rings. The van der Waals surface area contributed by atoms with E-state index in [0.29, 0.717) is 22.1 Å². The molecular formula is C12H8BrClN2OS. The zero-order valence-electron chi connectivity index (χ0n) is 9.06. The van der Waals surface area contributed by atoms with Gasteiger partial charge in [-0.15, -0.1) is 0 Å². The van der Waals surface area contributed by atoms with Gasteiger partial charge in [-0.05, 0) is 40.2 Å². The molecule has 0 aliphatic heterocycles. The minimum Gasteiger partial charge on any atom is -0.454 e. The van der Waals surface area contributed by atoms with Crippen molar-refractivity contribution in [3.05, 3.63) is 51.7 Å². The van der Waals surface area contributed by atoms with Gasteiger partial charge in [-0.2, -0.15) is 0 Å². The first kappa shape index (κ1) is 13.3. The van der Waals surface area contributed by atoms with Gasteiger partial charge in [0.25, 0.3) is 0 Å². The van der Waals surface area contributed by atoms with Gasteiger partial charge in [-0.1, -0.05) is 23.8 Å². The topological polar surface area (TPSA) is 48.1 Å². The van der Waals surface area contributed by atoms with E-state index < -0.39 is 0 Å². The van der Waals surface area contributed by atoms with Gasteiger partial charge in [0.05, 0.1) is 16.2 Å². The van der Waals surface area contributed by atoms with Gasteiger partial charge in [0.1, 0.15) is 10.7 Å². The number of pyridine rings is 1. The maximum Gasteiger partial charge on any atom is 0.155 e. The average Bonchev–Trinajstić information content (AvgIpc) is 2.33. The van der Waals surface area contributed by atoms with Crippen molar-refractivity contribution in [2.24, 2.45) is 5.73 Å². The number of benzene rings is 1. The molecule has 18 heavy (non-hydrogen) atoms. The van der Waals surface area contributed by atoms with Crippen molar-refractivity contribution in [3.8, 4) is 11.5 Å². The van der Waals surface area contributed by atoms with Crippen molar-refractivity contribution >= 4 is 44.7 Å². The van der Waals surface area contributed by atoms with Crippen LogP contribution in [0.2, 0.25) is 5.02 Å². The highest BCUT2D eigenvalue weighted by molar-refractivity contribution is 9.10. The van der Waals surface area contributed by atoms with Crippen molar-refractivity contribution in [1.82, 2.24) is 4.98 Å². The molecule has 0 radical (unpaired) electrons. The average molecular weight is 344 g/mol. The number of hydrogen-bond acceptors (Lipinski definition) is 3. The van der Waals surface area contributed by atoms with Crippen molar-refractivity contribution < 1.29 is 4.74 Å². The number of aromatic nitrogens is 1. The molecule has 2 rings (SSSR count). The Labute approximate surface area is 123 Å². The molecule has 0 unspecified atom stereocenters. The zero-order valence-corrected chi connectivity index (χ0v) is 12.2. The molecule has 3 nitrogen and oxygen atoms in total. The Balaban J connectivity index is 2.37. The molecule has 0 bridgehead atoms. The summed E-state index contributed by atoms with van der Waals surface area (Å²) >= 11 is 14.2. The summed E-state index contributed by atoms with van der Waals surface area (Å²) in [6.07, 6.45) is 3.17. The van der Waals surface area contributed by atoms with E-state index in [1.165, 1.54) is 0 Å². The Bertz CT molecular complexity index is 606. The Morgan fingerprint density at radius 3 is 2.78 bits per heavy atom. The number of rotatable bonds is 3. The molecule has 92 valence electrons. The van der Waals surface area contributed by atoms with Crippen LogP contribution < -0.4 is 10.5 Å². The number of nitrogens with two attached hydrogens (primary N) is 1. The predicted octanol–water partition coefficient (Wildman–Crippen LogP) is 3.92. The molecule has 1 aromatic carbocycles. The molecule has 6 heteroatoms.